The smallest absolute Gasteiger partial charge is 0.256 e. The van der Waals surface area contributed by atoms with Gasteiger partial charge in [-0.25, -0.2) is 4.90 Å². The van der Waals surface area contributed by atoms with Crippen molar-refractivity contribution in [1.29, 1.82) is 0 Å². The second-order valence-electron chi connectivity index (χ2n) is 5.87. The van der Waals surface area contributed by atoms with Crippen LogP contribution in [0.2, 0.25) is 0 Å². The Balaban J connectivity index is 1.82. The summed E-state index contributed by atoms with van der Waals surface area (Å²) in [6.45, 7) is 1.96. The van der Waals surface area contributed by atoms with Crippen molar-refractivity contribution in [1.82, 2.24) is 0 Å². The van der Waals surface area contributed by atoms with Crippen LogP contribution in [-0.2, 0) is 9.59 Å². The zero-order chi connectivity index (χ0) is 18.0. The summed E-state index contributed by atoms with van der Waals surface area (Å²) >= 11 is 0. The highest BCUT2D eigenvalue weighted by molar-refractivity contribution is 6.23. The molecule has 1 atom stereocenters. The van der Waals surface area contributed by atoms with E-state index in [0.29, 0.717) is 22.9 Å². The molecule has 25 heavy (non-hydrogen) atoms. The van der Waals surface area contributed by atoms with Crippen LogP contribution in [0.1, 0.15) is 12.0 Å². The van der Waals surface area contributed by atoms with Crippen LogP contribution in [0.5, 0.6) is 11.5 Å². The number of carbonyl (C=O) groups is 2. The van der Waals surface area contributed by atoms with E-state index in [9.17, 15) is 9.59 Å². The summed E-state index contributed by atoms with van der Waals surface area (Å²) in [4.78, 5) is 26.3. The molecule has 6 nitrogen and oxygen atoms in total. The van der Waals surface area contributed by atoms with Gasteiger partial charge in [0.15, 0.2) is 0 Å². The number of benzene rings is 2. The number of imide groups is 1. The Kier molecular flexibility index (Phi) is 4.61. The van der Waals surface area contributed by atoms with Gasteiger partial charge >= 0.3 is 0 Å². The summed E-state index contributed by atoms with van der Waals surface area (Å²) in [5.74, 6) is 0.705. The molecule has 6 heteroatoms. The van der Waals surface area contributed by atoms with Gasteiger partial charge in [0, 0.05) is 6.07 Å². The largest absolute Gasteiger partial charge is 0.497 e. The molecule has 0 bridgehead atoms. The molecule has 1 unspecified atom stereocenters. The fourth-order valence-electron chi connectivity index (χ4n) is 2.82. The molecule has 1 heterocycles. The van der Waals surface area contributed by atoms with E-state index in [1.54, 1.807) is 44.6 Å². The van der Waals surface area contributed by atoms with E-state index in [1.807, 2.05) is 19.1 Å². The molecule has 0 saturated carbocycles. The molecular formula is C19H20N2O4. The van der Waals surface area contributed by atoms with E-state index in [0.717, 1.165) is 5.56 Å². The van der Waals surface area contributed by atoms with E-state index in [1.165, 1.54) is 4.90 Å². The van der Waals surface area contributed by atoms with Gasteiger partial charge in [-0.2, -0.15) is 0 Å². The first-order valence-electron chi connectivity index (χ1n) is 7.95. The third-order valence-electron chi connectivity index (χ3n) is 4.18. The van der Waals surface area contributed by atoms with Crippen LogP contribution in [0.3, 0.4) is 0 Å². The molecule has 2 aromatic rings. The highest BCUT2D eigenvalue weighted by atomic mass is 16.5. The van der Waals surface area contributed by atoms with E-state index in [2.05, 4.69) is 5.32 Å². The summed E-state index contributed by atoms with van der Waals surface area (Å²) in [6.07, 6.45) is 0.0991. The molecule has 0 radical (unpaired) electrons. The number of aryl methyl sites for hydroxylation is 1. The van der Waals surface area contributed by atoms with Gasteiger partial charge in [-0.3, -0.25) is 9.59 Å². The van der Waals surface area contributed by atoms with Crippen LogP contribution in [-0.4, -0.2) is 32.1 Å². The van der Waals surface area contributed by atoms with Crippen molar-refractivity contribution in [3.63, 3.8) is 0 Å². The maximum absolute atomic E-state index is 12.7. The Morgan fingerprint density at radius 3 is 2.40 bits per heavy atom. The molecule has 2 amide bonds. The Labute approximate surface area is 146 Å². The molecule has 130 valence electrons. The normalized spacial score (nSPS) is 16.9. The predicted molar refractivity (Wildman–Crippen MR) is 95.2 cm³/mol. The van der Waals surface area contributed by atoms with Crippen LogP contribution in [0.4, 0.5) is 11.4 Å². The van der Waals surface area contributed by atoms with Crippen LogP contribution in [0.25, 0.3) is 0 Å². The summed E-state index contributed by atoms with van der Waals surface area (Å²) < 4.78 is 10.5. The lowest BCUT2D eigenvalue weighted by Gasteiger charge is -2.18. The number of nitrogens with zero attached hydrogens (tertiary/aromatic N) is 1. The Bertz CT molecular complexity index is 802. The molecule has 1 aliphatic heterocycles. The minimum Gasteiger partial charge on any atom is -0.497 e. The molecular weight excluding hydrogens is 320 g/mol. The molecule has 0 aliphatic carbocycles. The van der Waals surface area contributed by atoms with Crippen molar-refractivity contribution in [3.05, 3.63) is 48.0 Å². The van der Waals surface area contributed by atoms with Crippen LogP contribution in [0, 0.1) is 6.92 Å². The molecule has 1 saturated heterocycles. The van der Waals surface area contributed by atoms with Gasteiger partial charge in [0.25, 0.3) is 5.91 Å². The summed E-state index contributed by atoms with van der Waals surface area (Å²) in [5.41, 5.74) is 2.30. The summed E-state index contributed by atoms with van der Waals surface area (Å²) in [7, 11) is 3.11. The Hall–Kier alpha value is -3.02. The van der Waals surface area contributed by atoms with Gasteiger partial charge in [-0.1, -0.05) is 17.7 Å². The van der Waals surface area contributed by atoms with Gasteiger partial charge in [-0.15, -0.1) is 0 Å². The fraction of sp³-hybridized carbons (Fsp3) is 0.263. The molecule has 3 rings (SSSR count). The second kappa shape index (κ2) is 6.84. The maximum atomic E-state index is 12.7. The molecule has 1 aliphatic rings. The zero-order valence-electron chi connectivity index (χ0n) is 14.4. The summed E-state index contributed by atoms with van der Waals surface area (Å²) in [6, 6.07) is 11.9. The first-order valence-corrected chi connectivity index (χ1v) is 7.95. The number of nitrogens with one attached hydrogen (secondary N) is 1. The predicted octanol–water partition coefficient (Wildman–Crippen LogP) is 2.76. The maximum Gasteiger partial charge on any atom is 0.256 e. The highest BCUT2D eigenvalue weighted by Gasteiger charge is 2.39. The van der Waals surface area contributed by atoms with Crippen molar-refractivity contribution >= 4 is 23.2 Å². The first kappa shape index (κ1) is 16.8. The van der Waals surface area contributed by atoms with Gasteiger partial charge in [0.2, 0.25) is 5.91 Å². The van der Waals surface area contributed by atoms with Crippen LogP contribution >= 0.6 is 0 Å². The van der Waals surface area contributed by atoms with Crippen molar-refractivity contribution in [2.75, 3.05) is 24.4 Å². The van der Waals surface area contributed by atoms with Crippen molar-refractivity contribution in [2.45, 2.75) is 19.4 Å². The monoisotopic (exact) mass is 340 g/mol. The number of hydrogen-bond acceptors (Lipinski definition) is 5. The topological polar surface area (TPSA) is 67.9 Å². The van der Waals surface area contributed by atoms with Crippen molar-refractivity contribution < 1.29 is 19.1 Å². The lowest BCUT2D eigenvalue weighted by Crippen LogP contribution is -2.34. The lowest BCUT2D eigenvalue weighted by atomic mass is 10.2. The van der Waals surface area contributed by atoms with E-state index >= 15 is 0 Å². The SMILES string of the molecule is COc1ccc(NC2CC(=O)N(c3ccc(C)cc3)C2=O)c(OC)c1. The average Bonchev–Trinajstić information content (AvgIpc) is 2.90. The van der Waals surface area contributed by atoms with E-state index < -0.39 is 6.04 Å². The minimum atomic E-state index is -0.629. The number of hydrogen-bond donors (Lipinski definition) is 1. The number of carbonyl (C=O) groups excluding carboxylic acids is 2. The van der Waals surface area contributed by atoms with E-state index in [4.69, 9.17) is 9.47 Å². The highest BCUT2D eigenvalue weighted by Crippen LogP contribution is 2.32. The van der Waals surface area contributed by atoms with Crippen LogP contribution < -0.4 is 19.7 Å². The van der Waals surface area contributed by atoms with Crippen molar-refractivity contribution in [3.8, 4) is 11.5 Å². The lowest BCUT2D eigenvalue weighted by molar-refractivity contribution is -0.121. The second-order valence-corrected chi connectivity index (χ2v) is 5.87. The van der Waals surface area contributed by atoms with Gasteiger partial charge < -0.3 is 14.8 Å². The fourth-order valence-corrected chi connectivity index (χ4v) is 2.82. The third-order valence-corrected chi connectivity index (χ3v) is 4.18. The zero-order valence-corrected chi connectivity index (χ0v) is 14.4. The Morgan fingerprint density at radius 1 is 1.04 bits per heavy atom. The number of anilines is 2. The van der Waals surface area contributed by atoms with Crippen LogP contribution in [0.15, 0.2) is 42.5 Å². The average molecular weight is 340 g/mol. The molecule has 2 aromatic carbocycles. The summed E-state index contributed by atoms with van der Waals surface area (Å²) in [5, 5.41) is 3.11. The first-order chi connectivity index (χ1) is 12.0. The number of amides is 2. The Morgan fingerprint density at radius 2 is 1.76 bits per heavy atom. The standard InChI is InChI=1S/C19H20N2O4/c1-12-4-6-13(7-5-12)21-18(22)11-16(19(21)23)20-15-9-8-14(24-2)10-17(15)25-3/h4-10,16,20H,11H2,1-3H3. The third kappa shape index (κ3) is 3.28. The molecule has 0 aromatic heterocycles. The minimum absolute atomic E-state index is 0.0991. The number of ether oxygens (including phenoxy) is 2. The number of methoxy groups -OCH3 is 2. The van der Waals surface area contributed by atoms with E-state index in [-0.39, 0.29) is 18.2 Å². The molecule has 1 N–H and O–H groups in total. The van der Waals surface area contributed by atoms with Crippen molar-refractivity contribution in [2.24, 2.45) is 0 Å². The van der Waals surface area contributed by atoms with Gasteiger partial charge in [-0.05, 0) is 31.2 Å². The molecule has 0 spiro atoms. The van der Waals surface area contributed by atoms with Gasteiger partial charge in [0.05, 0.1) is 32.0 Å². The number of rotatable bonds is 5. The van der Waals surface area contributed by atoms with Gasteiger partial charge in [0.1, 0.15) is 17.5 Å². The molecule has 1 fully saturated rings. The quantitative estimate of drug-likeness (QED) is 0.848.